The number of hydrogen-bond donors (Lipinski definition) is 1. The van der Waals surface area contributed by atoms with Crippen LogP contribution in [0.5, 0.6) is 0 Å². The second-order valence-corrected chi connectivity index (χ2v) is 8.08. The first kappa shape index (κ1) is 18.6. The predicted octanol–water partition coefficient (Wildman–Crippen LogP) is 6.29. The van der Waals surface area contributed by atoms with Crippen LogP contribution >= 0.6 is 24.2 Å². The largest absolute Gasteiger partial charge is 0.291 e. The molecule has 4 rings (SSSR count). The maximum Gasteiger partial charge on any atom is 0.169 e. The van der Waals surface area contributed by atoms with E-state index in [1.807, 2.05) is 13.0 Å². The van der Waals surface area contributed by atoms with Crippen molar-refractivity contribution in [3.05, 3.63) is 75.8 Å². The zero-order valence-electron chi connectivity index (χ0n) is 15.5. The number of benzene rings is 2. The van der Waals surface area contributed by atoms with Crippen molar-refractivity contribution in [2.45, 2.75) is 50.1 Å². The first-order valence-corrected chi connectivity index (χ1v) is 10.1. The van der Waals surface area contributed by atoms with Gasteiger partial charge in [-0.15, -0.1) is 12.6 Å². The Kier molecular flexibility index (Phi) is 4.81. The first-order chi connectivity index (χ1) is 13.0. The van der Waals surface area contributed by atoms with Crippen molar-refractivity contribution < 1.29 is 4.39 Å². The van der Waals surface area contributed by atoms with Crippen molar-refractivity contribution >= 4 is 24.2 Å². The van der Waals surface area contributed by atoms with E-state index in [2.05, 4.69) is 36.3 Å². The van der Waals surface area contributed by atoms with Gasteiger partial charge in [-0.2, -0.15) is 0 Å². The lowest BCUT2D eigenvalue weighted by molar-refractivity contribution is 0.394. The minimum absolute atomic E-state index is 0.161. The molecule has 0 radical (unpaired) electrons. The lowest BCUT2D eigenvalue weighted by Crippen LogP contribution is -2.34. The molecule has 2 nitrogen and oxygen atoms in total. The minimum atomic E-state index is -0.247. The molecular formula is C22H22ClFN2S. The molecule has 1 aliphatic carbocycles. The molecule has 5 heteroatoms. The fourth-order valence-electron chi connectivity index (χ4n) is 4.40. The van der Waals surface area contributed by atoms with Crippen LogP contribution in [-0.2, 0) is 11.8 Å². The van der Waals surface area contributed by atoms with Crippen LogP contribution in [0.15, 0.2) is 47.6 Å². The highest BCUT2D eigenvalue weighted by Gasteiger charge is 2.41. The summed E-state index contributed by atoms with van der Waals surface area (Å²) in [7, 11) is 0. The third-order valence-corrected chi connectivity index (χ3v) is 6.53. The average molecular weight is 401 g/mol. The third-order valence-electron chi connectivity index (χ3n) is 5.80. The summed E-state index contributed by atoms with van der Waals surface area (Å²) in [6, 6.07) is 12.9. The summed E-state index contributed by atoms with van der Waals surface area (Å²) in [6.07, 6.45) is 4.00. The summed E-state index contributed by atoms with van der Waals surface area (Å²) >= 11 is 11.0. The van der Waals surface area contributed by atoms with Crippen LogP contribution in [0.4, 0.5) is 4.39 Å². The topological polar surface area (TPSA) is 17.8 Å². The first-order valence-electron chi connectivity index (χ1n) is 9.30. The van der Waals surface area contributed by atoms with Crippen LogP contribution in [0.1, 0.15) is 48.7 Å². The van der Waals surface area contributed by atoms with Gasteiger partial charge in [0.15, 0.2) is 5.16 Å². The van der Waals surface area contributed by atoms with Gasteiger partial charge in [0.25, 0.3) is 0 Å². The number of rotatable bonds is 3. The predicted molar refractivity (Wildman–Crippen MR) is 111 cm³/mol. The second kappa shape index (κ2) is 6.99. The Hall–Kier alpha value is -1.78. The van der Waals surface area contributed by atoms with Gasteiger partial charge in [-0.3, -0.25) is 4.57 Å². The number of halogens is 2. The number of imidazole rings is 1. The fourth-order valence-corrected chi connectivity index (χ4v) is 4.85. The lowest BCUT2D eigenvalue weighted by Gasteiger charge is -2.38. The molecule has 1 unspecified atom stereocenters. The Morgan fingerprint density at radius 3 is 2.63 bits per heavy atom. The highest BCUT2D eigenvalue weighted by molar-refractivity contribution is 7.80. The number of fused-ring (bicyclic) bond motifs is 1. The van der Waals surface area contributed by atoms with Gasteiger partial charge in [0.05, 0.1) is 11.4 Å². The zero-order chi connectivity index (χ0) is 19.2. The van der Waals surface area contributed by atoms with Gasteiger partial charge in [-0.05, 0) is 74.1 Å². The molecule has 0 spiro atoms. The third kappa shape index (κ3) is 2.99. The monoisotopic (exact) mass is 400 g/mol. The maximum absolute atomic E-state index is 13.5. The molecule has 0 bridgehead atoms. The van der Waals surface area contributed by atoms with Crippen LogP contribution in [0, 0.1) is 12.7 Å². The molecule has 0 saturated carbocycles. The lowest BCUT2D eigenvalue weighted by atomic mass is 9.67. The molecule has 1 atom stereocenters. The minimum Gasteiger partial charge on any atom is -0.291 e. The van der Waals surface area contributed by atoms with E-state index >= 15 is 0 Å². The van der Waals surface area contributed by atoms with Crippen LogP contribution < -0.4 is 0 Å². The van der Waals surface area contributed by atoms with Crippen molar-refractivity contribution in [2.75, 3.05) is 0 Å². The summed E-state index contributed by atoms with van der Waals surface area (Å²) in [6.45, 7) is 4.26. The number of aryl methyl sites for hydroxylation is 2. The van der Waals surface area contributed by atoms with Crippen LogP contribution in [0.3, 0.4) is 0 Å². The highest BCUT2D eigenvalue weighted by atomic mass is 35.5. The van der Waals surface area contributed by atoms with Crippen molar-refractivity contribution in [3.63, 3.8) is 0 Å². The standard InChI is InChI=1S/C22H22ClFN2S/c1-3-22(15-6-11-18(23)14(2)13-15)12-4-5-19-20(22)26(21(27)25-19)17-9-7-16(24)8-10-17/h6-11,13H,3-5,12H2,1-2H3,(H,25,27). The molecule has 1 heterocycles. The summed E-state index contributed by atoms with van der Waals surface area (Å²) in [5, 5.41) is 1.43. The van der Waals surface area contributed by atoms with E-state index in [0.717, 1.165) is 47.7 Å². The number of nitrogens with zero attached hydrogens (tertiary/aromatic N) is 2. The van der Waals surface area contributed by atoms with Crippen LogP contribution in [-0.4, -0.2) is 9.55 Å². The highest BCUT2D eigenvalue weighted by Crippen LogP contribution is 2.47. The Labute approximate surface area is 169 Å². The van der Waals surface area contributed by atoms with Gasteiger partial charge >= 0.3 is 0 Å². The van der Waals surface area contributed by atoms with Gasteiger partial charge in [-0.1, -0.05) is 30.7 Å². The van der Waals surface area contributed by atoms with E-state index in [1.54, 1.807) is 12.1 Å². The van der Waals surface area contributed by atoms with Gasteiger partial charge in [0, 0.05) is 16.1 Å². The molecule has 0 amide bonds. The molecule has 0 aliphatic heterocycles. The van der Waals surface area contributed by atoms with Crippen molar-refractivity contribution in [3.8, 4) is 5.69 Å². The molecule has 1 aromatic heterocycles. The van der Waals surface area contributed by atoms with Gasteiger partial charge < -0.3 is 0 Å². The van der Waals surface area contributed by atoms with Crippen LogP contribution in [0.25, 0.3) is 5.69 Å². The molecule has 1 aliphatic rings. The number of thiol groups is 1. The Morgan fingerprint density at radius 1 is 1.22 bits per heavy atom. The molecule has 140 valence electrons. The summed E-state index contributed by atoms with van der Waals surface area (Å²) < 4.78 is 15.6. The summed E-state index contributed by atoms with van der Waals surface area (Å²) in [4.78, 5) is 4.77. The van der Waals surface area contributed by atoms with Gasteiger partial charge in [-0.25, -0.2) is 9.37 Å². The average Bonchev–Trinajstić information content (AvgIpc) is 3.01. The maximum atomic E-state index is 13.5. The van der Waals surface area contributed by atoms with Gasteiger partial charge in [0.1, 0.15) is 5.82 Å². The van der Waals surface area contributed by atoms with E-state index in [9.17, 15) is 4.39 Å². The van der Waals surface area contributed by atoms with E-state index in [0.29, 0.717) is 5.16 Å². The Bertz CT molecular complexity index is 996. The molecule has 0 fully saturated rings. The van der Waals surface area contributed by atoms with Crippen molar-refractivity contribution in [2.24, 2.45) is 0 Å². The van der Waals surface area contributed by atoms with E-state index in [4.69, 9.17) is 16.6 Å². The second-order valence-electron chi connectivity index (χ2n) is 7.27. The molecule has 2 aromatic carbocycles. The molecule has 3 aromatic rings. The molecular weight excluding hydrogens is 379 g/mol. The summed E-state index contributed by atoms with van der Waals surface area (Å²) in [5.41, 5.74) is 5.32. The zero-order valence-corrected chi connectivity index (χ0v) is 17.1. The normalized spacial score (nSPS) is 19.1. The van der Waals surface area contributed by atoms with E-state index in [1.165, 1.54) is 23.4 Å². The Morgan fingerprint density at radius 2 is 1.96 bits per heavy atom. The molecule has 27 heavy (non-hydrogen) atoms. The van der Waals surface area contributed by atoms with Crippen molar-refractivity contribution in [1.29, 1.82) is 0 Å². The van der Waals surface area contributed by atoms with E-state index < -0.39 is 0 Å². The molecule has 0 N–H and O–H groups in total. The SMILES string of the molecule is CCC1(c2ccc(Cl)c(C)c2)CCCc2nc(S)n(-c3ccc(F)cc3)c21. The fraction of sp³-hybridized carbons (Fsp3) is 0.318. The molecule has 0 saturated heterocycles. The Balaban J connectivity index is 1.98. The van der Waals surface area contributed by atoms with E-state index in [-0.39, 0.29) is 11.2 Å². The van der Waals surface area contributed by atoms with Crippen molar-refractivity contribution in [1.82, 2.24) is 9.55 Å². The number of aromatic nitrogens is 2. The van der Waals surface area contributed by atoms with Crippen LogP contribution in [0.2, 0.25) is 5.02 Å². The van der Waals surface area contributed by atoms with Gasteiger partial charge in [0.2, 0.25) is 0 Å². The summed E-state index contributed by atoms with van der Waals surface area (Å²) in [5.74, 6) is -0.247. The smallest absolute Gasteiger partial charge is 0.169 e. The number of hydrogen-bond acceptors (Lipinski definition) is 2. The quantitative estimate of drug-likeness (QED) is 0.511.